The zero-order valence-electron chi connectivity index (χ0n) is 14.0. The number of hydrazone groups is 1. The number of carbonyl (C=O) groups excluding carboxylic acids is 1. The van der Waals surface area contributed by atoms with E-state index < -0.39 is 11.7 Å². The maximum atomic E-state index is 11.5. The van der Waals surface area contributed by atoms with Crippen molar-refractivity contribution in [2.24, 2.45) is 5.10 Å². The molecule has 6 heteroatoms. The lowest BCUT2D eigenvalue weighted by molar-refractivity contribution is 0.0529. The largest absolute Gasteiger partial charge is 0.493 e. The van der Waals surface area contributed by atoms with Crippen LogP contribution >= 0.6 is 0 Å². The Morgan fingerprint density at radius 3 is 2.36 bits per heavy atom. The monoisotopic (exact) mass is 308 g/mol. The van der Waals surface area contributed by atoms with Gasteiger partial charge in [-0.1, -0.05) is 6.07 Å². The third kappa shape index (κ3) is 6.03. The molecule has 22 heavy (non-hydrogen) atoms. The highest BCUT2D eigenvalue weighted by atomic mass is 16.6. The van der Waals surface area contributed by atoms with Gasteiger partial charge in [-0.3, -0.25) is 0 Å². The fourth-order valence-electron chi connectivity index (χ4n) is 1.77. The number of methoxy groups -OCH3 is 2. The highest BCUT2D eigenvalue weighted by Crippen LogP contribution is 2.27. The summed E-state index contributed by atoms with van der Waals surface area (Å²) in [5.74, 6) is 1.33. The summed E-state index contributed by atoms with van der Waals surface area (Å²) in [5.41, 5.74) is 3.59. The topological polar surface area (TPSA) is 69.2 Å². The first-order valence-electron chi connectivity index (χ1n) is 6.98. The summed E-state index contributed by atoms with van der Waals surface area (Å²) in [4.78, 5) is 11.5. The van der Waals surface area contributed by atoms with Gasteiger partial charge in [0.15, 0.2) is 11.5 Å². The van der Waals surface area contributed by atoms with Crippen LogP contribution in [0.4, 0.5) is 4.79 Å². The molecule has 0 aliphatic heterocycles. The lowest BCUT2D eigenvalue weighted by atomic mass is 10.1. The molecule has 0 bridgehead atoms. The molecule has 1 aromatic rings. The molecule has 6 nitrogen and oxygen atoms in total. The molecule has 0 atom stereocenters. The van der Waals surface area contributed by atoms with Gasteiger partial charge < -0.3 is 14.2 Å². The third-order valence-electron chi connectivity index (χ3n) is 2.64. The van der Waals surface area contributed by atoms with Gasteiger partial charge in [-0.2, -0.15) is 5.10 Å². The summed E-state index contributed by atoms with van der Waals surface area (Å²) >= 11 is 0. The van der Waals surface area contributed by atoms with E-state index in [-0.39, 0.29) is 0 Å². The Hall–Kier alpha value is -2.24. The van der Waals surface area contributed by atoms with Crippen LogP contribution in [-0.4, -0.2) is 31.6 Å². The van der Waals surface area contributed by atoms with Gasteiger partial charge >= 0.3 is 6.09 Å². The van der Waals surface area contributed by atoms with Crippen molar-refractivity contribution in [2.45, 2.75) is 39.7 Å². The van der Waals surface area contributed by atoms with E-state index in [2.05, 4.69) is 10.5 Å². The van der Waals surface area contributed by atoms with Crippen LogP contribution in [0.25, 0.3) is 0 Å². The molecule has 1 amide bonds. The highest BCUT2D eigenvalue weighted by Gasteiger charge is 2.15. The number of hydrogen-bond donors (Lipinski definition) is 1. The summed E-state index contributed by atoms with van der Waals surface area (Å²) < 4.78 is 15.6. The van der Waals surface area contributed by atoms with Crippen LogP contribution in [0.5, 0.6) is 11.5 Å². The molecule has 1 rings (SSSR count). The fraction of sp³-hybridized carbons (Fsp3) is 0.500. The quantitative estimate of drug-likeness (QED) is 0.670. The zero-order valence-corrected chi connectivity index (χ0v) is 14.0. The van der Waals surface area contributed by atoms with Crippen molar-refractivity contribution in [2.75, 3.05) is 14.2 Å². The molecule has 0 radical (unpaired) electrons. The summed E-state index contributed by atoms with van der Waals surface area (Å²) in [5, 5.41) is 4.02. The average Bonchev–Trinajstić information content (AvgIpc) is 2.43. The Morgan fingerprint density at radius 1 is 1.18 bits per heavy atom. The van der Waals surface area contributed by atoms with E-state index in [9.17, 15) is 4.79 Å². The van der Waals surface area contributed by atoms with Crippen LogP contribution in [0.3, 0.4) is 0 Å². The smallest absolute Gasteiger partial charge is 0.428 e. The second kappa shape index (κ2) is 7.68. The summed E-state index contributed by atoms with van der Waals surface area (Å²) in [6, 6.07) is 5.64. The Morgan fingerprint density at radius 2 is 1.82 bits per heavy atom. The van der Waals surface area contributed by atoms with Gasteiger partial charge in [-0.25, -0.2) is 10.2 Å². The number of ether oxygens (including phenoxy) is 3. The van der Waals surface area contributed by atoms with E-state index in [1.807, 2.05) is 25.1 Å². The number of amides is 1. The molecule has 0 aliphatic carbocycles. The number of hydrogen-bond acceptors (Lipinski definition) is 5. The zero-order chi connectivity index (χ0) is 16.8. The van der Waals surface area contributed by atoms with E-state index in [0.29, 0.717) is 17.9 Å². The Balaban J connectivity index is 2.66. The second-order valence-electron chi connectivity index (χ2n) is 5.83. The molecule has 0 heterocycles. The molecule has 1 N–H and O–H groups in total. The number of benzene rings is 1. The van der Waals surface area contributed by atoms with Crippen molar-refractivity contribution in [3.05, 3.63) is 23.8 Å². The van der Waals surface area contributed by atoms with Crippen LogP contribution in [0.2, 0.25) is 0 Å². The molecular formula is C16H24N2O4. The van der Waals surface area contributed by atoms with Crippen LogP contribution in [0.15, 0.2) is 23.3 Å². The lowest BCUT2D eigenvalue weighted by Crippen LogP contribution is -2.30. The minimum atomic E-state index is -0.570. The molecule has 0 aliphatic rings. The first-order chi connectivity index (χ1) is 10.2. The average molecular weight is 308 g/mol. The molecule has 122 valence electrons. The Kier molecular flexibility index (Phi) is 6.22. The van der Waals surface area contributed by atoms with Gasteiger partial charge in [-0.05, 0) is 45.4 Å². The SMILES string of the molecule is COc1ccc(C/C(C)=N\NC(=O)OC(C)(C)C)cc1OC. The van der Waals surface area contributed by atoms with Crippen LogP contribution in [0.1, 0.15) is 33.3 Å². The normalized spacial score (nSPS) is 11.8. The predicted molar refractivity (Wildman–Crippen MR) is 85.7 cm³/mol. The molecular weight excluding hydrogens is 284 g/mol. The van der Waals surface area contributed by atoms with E-state index >= 15 is 0 Å². The first-order valence-corrected chi connectivity index (χ1v) is 6.98. The predicted octanol–water partition coefficient (Wildman–Crippen LogP) is 3.15. The summed E-state index contributed by atoms with van der Waals surface area (Å²) in [6.07, 6.45) is 0.00930. The van der Waals surface area contributed by atoms with Crippen molar-refractivity contribution in [1.82, 2.24) is 5.43 Å². The van der Waals surface area contributed by atoms with E-state index in [0.717, 1.165) is 11.3 Å². The van der Waals surface area contributed by atoms with Gasteiger partial charge in [0.25, 0.3) is 0 Å². The maximum absolute atomic E-state index is 11.5. The van der Waals surface area contributed by atoms with Crippen molar-refractivity contribution < 1.29 is 19.0 Å². The minimum Gasteiger partial charge on any atom is -0.493 e. The van der Waals surface area contributed by atoms with Gasteiger partial charge in [0, 0.05) is 12.1 Å². The Labute approximate surface area is 131 Å². The number of nitrogens with one attached hydrogen (secondary N) is 1. The molecule has 0 saturated heterocycles. The fourth-order valence-corrected chi connectivity index (χ4v) is 1.77. The Bertz CT molecular complexity index is 548. The van der Waals surface area contributed by atoms with Gasteiger partial charge in [-0.15, -0.1) is 0 Å². The van der Waals surface area contributed by atoms with E-state index in [1.54, 1.807) is 35.0 Å². The summed E-state index contributed by atoms with van der Waals surface area (Å²) in [6.45, 7) is 7.22. The first kappa shape index (κ1) is 17.8. The van der Waals surface area contributed by atoms with Crippen molar-refractivity contribution in [3.63, 3.8) is 0 Å². The van der Waals surface area contributed by atoms with Gasteiger partial charge in [0.05, 0.1) is 14.2 Å². The third-order valence-corrected chi connectivity index (χ3v) is 2.64. The van der Waals surface area contributed by atoms with Crippen molar-refractivity contribution >= 4 is 11.8 Å². The van der Waals surface area contributed by atoms with E-state index in [4.69, 9.17) is 14.2 Å². The van der Waals surface area contributed by atoms with Crippen LogP contribution < -0.4 is 14.9 Å². The molecule has 0 fully saturated rings. The van der Waals surface area contributed by atoms with Crippen molar-refractivity contribution in [3.8, 4) is 11.5 Å². The van der Waals surface area contributed by atoms with E-state index in [1.165, 1.54) is 0 Å². The molecule has 0 saturated carbocycles. The molecule has 0 spiro atoms. The highest BCUT2D eigenvalue weighted by molar-refractivity contribution is 5.85. The van der Waals surface area contributed by atoms with Gasteiger partial charge in [0.1, 0.15) is 5.60 Å². The lowest BCUT2D eigenvalue weighted by Gasteiger charge is -2.18. The number of carbonyl (C=O) groups is 1. The molecule has 0 unspecified atom stereocenters. The van der Waals surface area contributed by atoms with Crippen LogP contribution in [0, 0.1) is 0 Å². The number of nitrogens with zero attached hydrogens (tertiary/aromatic N) is 1. The molecule has 0 aromatic heterocycles. The standard InChI is InChI=1S/C16H24N2O4/c1-11(17-18-15(19)22-16(2,3)4)9-12-7-8-13(20-5)14(10-12)21-6/h7-8,10H,9H2,1-6H3,(H,18,19)/b17-11-. The second-order valence-corrected chi connectivity index (χ2v) is 5.83. The van der Waals surface area contributed by atoms with Crippen LogP contribution in [-0.2, 0) is 11.2 Å². The minimum absolute atomic E-state index is 0.545. The maximum Gasteiger partial charge on any atom is 0.428 e. The summed E-state index contributed by atoms with van der Waals surface area (Å²) in [7, 11) is 3.18. The van der Waals surface area contributed by atoms with Gasteiger partial charge in [0.2, 0.25) is 0 Å². The van der Waals surface area contributed by atoms with Crippen molar-refractivity contribution in [1.29, 1.82) is 0 Å². The number of rotatable bonds is 5. The molecule has 1 aromatic carbocycles.